The zero-order valence-electron chi connectivity index (χ0n) is 9.58. The van der Waals surface area contributed by atoms with Crippen LogP contribution in [0.25, 0.3) is 0 Å². The summed E-state index contributed by atoms with van der Waals surface area (Å²) in [5.74, 6) is 0. The number of allylic oxidation sites excluding steroid dienone is 2. The monoisotopic (exact) mass is 203 g/mol. The standard InChI is InChI=1S/C14H21N/c1-2-3-4-5-6-10-13-15-14-11-8-7-9-12-14/h2-3,7-9,11-12,15H,4-6,10,13H2,1H3/b3-2+. The minimum Gasteiger partial charge on any atom is -0.385 e. The van der Waals surface area contributed by atoms with Crippen LogP contribution in [0.15, 0.2) is 42.5 Å². The number of hydrogen-bond acceptors (Lipinski definition) is 1. The first-order valence-corrected chi connectivity index (χ1v) is 5.83. The SMILES string of the molecule is C/C=C/CCCCCNc1ccccc1. The fourth-order valence-electron chi connectivity index (χ4n) is 1.52. The van der Waals surface area contributed by atoms with Crippen molar-refractivity contribution in [2.45, 2.75) is 32.6 Å². The van der Waals surface area contributed by atoms with Gasteiger partial charge in [0.25, 0.3) is 0 Å². The highest BCUT2D eigenvalue weighted by Crippen LogP contribution is 2.06. The van der Waals surface area contributed by atoms with E-state index in [9.17, 15) is 0 Å². The van der Waals surface area contributed by atoms with Crippen molar-refractivity contribution in [2.75, 3.05) is 11.9 Å². The fraction of sp³-hybridized carbons (Fsp3) is 0.429. The average Bonchev–Trinajstić information content (AvgIpc) is 2.29. The second kappa shape index (κ2) is 8.10. The highest BCUT2D eigenvalue weighted by Gasteiger charge is 1.89. The third-order valence-corrected chi connectivity index (χ3v) is 2.39. The Labute approximate surface area is 93.2 Å². The van der Waals surface area contributed by atoms with E-state index in [0.29, 0.717) is 0 Å². The van der Waals surface area contributed by atoms with Crippen molar-refractivity contribution in [3.05, 3.63) is 42.5 Å². The van der Waals surface area contributed by atoms with Crippen molar-refractivity contribution in [1.29, 1.82) is 0 Å². The van der Waals surface area contributed by atoms with E-state index < -0.39 is 0 Å². The summed E-state index contributed by atoms with van der Waals surface area (Å²) < 4.78 is 0. The summed E-state index contributed by atoms with van der Waals surface area (Å²) in [7, 11) is 0. The van der Waals surface area contributed by atoms with Crippen LogP contribution >= 0.6 is 0 Å². The Morgan fingerprint density at radius 2 is 1.87 bits per heavy atom. The Morgan fingerprint density at radius 3 is 2.60 bits per heavy atom. The quantitative estimate of drug-likeness (QED) is 0.516. The number of hydrogen-bond donors (Lipinski definition) is 1. The first-order chi connectivity index (χ1) is 7.43. The van der Waals surface area contributed by atoms with Gasteiger partial charge in [-0.25, -0.2) is 0 Å². The molecule has 0 amide bonds. The van der Waals surface area contributed by atoms with Gasteiger partial charge in [0, 0.05) is 12.2 Å². The highest BCUT2D eigenvalue weighted by atomic mass is 14.9. The lowest BCUT2D eigenvalue weighted by Gasteiger charge is -2.05. The molecule has 82 valence electrons. The third kappa shape index (κ3) is 5.95. The number of unbranched alkanes of at least 4 members (excludes halogenated alkanes) is 3. The first kappa shape index (κ1) is 11.8. The van der Waals surface area contributed by atoms with Gasteiger partial charge in [-0.2, -0.15) is 0 Å². The number of rotatable bonds is 7. The van der Waals surface area contributed by atoms with Gasteiger partial charge in [-0.1, -0.05) is 36.8 Å². The first-order valence-electron chi connectivity index (χ1n) is 5.83. The lowest BCUT2D eigenvalue weighted by molar-refractivity contribution is 0.708. The maximum Gasteiger partial charge on any atom is 0.0340 e. The molecule has 0 aromatic heterocycles. The Balaban J connectivity index is 1.98. The van der Waals surface area contributed by atoms with E-state index in [1.54, 1.807) is 0 Å². The van der Waals surface area contributed by atoms with Crippen LogP contribution in [0, 0.1) is 0 Å². The van der Waals surface area contributed by atoms with Gasteiger partial charge in [-0.3, -0.25) is 0 Å². The predicted octanol–water partition coefficient (Wildman–Crippen LogP) is 4.24. The van der Waals surface area contributed by atoms with Crippen molar-refractivity contribution in [3.63, 3.8) is 0 Å². The van der Waals surface area contributed by atoms with E-state index in [0.717, 1.165) is 6.54 Å². The summed E-state index contributed by atoms with van der Waals surface area (Å²) >= 11 is 0. The van der Waals surface area contributed by atoms with Gasteiger partial charge in [0.15, 0.2) is 0 Å². The lowest BCUT2D eigenvalue weighted by atomic mass is 10.2. The van der Waals surface area contributed by atoms with Crippen LogP contribution in [0.4, 0.5) is 5.69 Å². The molecule has 0 radical (unpaired) electrons. The van der Waals surface area contributed by atoms with Crippen LogP contribution in [0.5, 0.6) is 0 Å². The van der Waals surface area contributed by atoms with Gasteiger partial charge < -0.3 is 5.32 Å². The summed E-state index contributed by atoms with van der Waals surface area (Å²) in [5.41, 5.74) is 1.23. The minimum absolute atomic E-state index is 1.08. The summed E-state index contributed by atoms with van der Waals surface area (Å²) in [6.07, 6.45) is 9.46. The third-order valence-electron chi connectivity index (χ3n) is 2.39. The molecule has 0 saturated heterocycles. The maximum absolute atomic E-state index is 3.42. The smallest absolute Gasteiger partial charge is 0.0340 e. The molecule has 1 heteroatoms. The van der Waals surface area contributed by atoms with E-state index >= 15 is 0 Å². The van der Waals surface area contributed by atoms with Gasteiger partial charge in [0.05, 0.1) is 0 Å². The molecule has 1 aromatic rings. The van der Waals surface area contributed by atoms with Crippen LogP contribution in [0.1, 0.15) is 32.6 Å². The Hall–Kier alpha value is -1.24. The van der Waals surface area contributed by atoms with Crippen LogP contribution in [0.3, 0.4) is 0 Å². The second-order valence-corrected chi connectivity index (χ2v) is 3.71. The molecule has 15 heavy (non-hydrogen) atoms. The predicted molar refractivity (Wildman–Crippen MR) is 68.2 cm³/mol. The summed E-state index contributed by atoms with van der Waals surface area (Å²) in [6, 6.07) is 10.4. The molecule has 0 aliphatic rings. The molecule has 1 rings (SSSR count). The summed E-state index contributed by atoms with van der Waals surface area (Å²) in [6.45, 7) is 3.16. The largest absolute Gasteiger partial charge is 0.385 e. The fourth-order valence-corrected chi connectivity index (χ4v) is 1.52. The molecule has 0 saturated carbocycles. The molecule has 0 spiro atoms. The number of nitrogens with one attached hydrogen (secondary N) is 1. The van der Waals surface area contributed by atoms with Crippen LogP contribution in [0.2, 0.25) is 0 Å². The van der Waals surface area contributed by atoms with Crippen LogP contribution in [-0.4, -0.2) is 6.54 Å². The van der Waals surface area contributed by atoms with E-state index in [-0.39, 0.29) is 0 Å². The molecule has 1 N–H and O–H groups in total. The zero-order valence-corrected chi connectivity index (χ0v) is 9.58. The molecule has 1 nitrogen and oxygen atoms in total. The van der Waals surface area contributed by atoms with Crippen molar-refractivity contribution in [3.8, 4) is 0 Å². The molecule has 1 aromatic carbocycles. The molecule has 0 fully saturated rings. The van der Waals surface area contributed by atoms with Gasteiger partial charge in [0.2, 0.25) is 0 Å². The van der Waals surface area contributed by atoms with E-state index in [1.165, 1.54) is 31.4 Å². The van der Waals surface area contributed by atoms with Crippen molar-refractivity contribution in [1.82, 2.24) is 0 Å². The normalized spacial score (nSPS) is 10.7. The van der Waals surface area contributed by atoms with E-state index in [2.05, 4.69) is 48.7 Å². The van der Waals surface area contributed by atoms with Gasteiger partial charge in [0.1, 0.15) is 0 Å². The summed E-state index contributed by atoms with van der Waals surface area (Å²) in [5, 5.41) is 3.42. The Bertz CT molecular complexity index is 264. The van der Waals surface area contributed by atoms with E-state index in [1.807, 2.05) is 6.07 Å². The molecule has 0 atom stereocenters. The van der Waals surface area contributed by atoms with Gasteiger partial charge >= 0.3 is 0 Å². The number of benzene rings is 1. The second-order valence-electron chi connectivity index (χ2n) is 3.71. The maximum atomic E-state index is 3.42. The van der Waals surface area contributed by atoms with Gasteiger partial charge in [-0.05, 0) is 38.3 Å². The molecular formula is C14H21N. The Kier molecular flexibility index (Phi) is 6.39. The van der Waals surface area contributed by atoms with Crippen LogP contribution < -0.4 is 5.32 Å². The van der Waals surface area contributed by atoms with Gasteiger partial charge in [-0.15, -0.1) is 0 Å². The zero-order chi connectivity index (χ0) is 10.8. The molecule has 0 aliphatic heterocycles. The Morgan fingerprint density at radius 1 is 1.07 bits per heavy atom. The van der Waals surface area contributed by atoms with E-state index in [4.69, 9.17) is 0 Å². The summed E-state index contributed by atoms with van der Waals surface area (Å²) in [4.78, 5) is 0. The van der Waals surface area contributed by atoms with Crippen molar-refractivity contribution in [2.24, 2.45) is 0 Å². The number of para-hydroxylation sites is 1. The van der Waals surface area contributed by atoms with Crippen LogP contribution in [-0.2, 0) is 0 Å². The number of anilines is 1. The van der Waals surface area contributed by atoms with Crippen molar-refractivity contribution < 1.29 is 0 Å². The topological polar surface area (TPSA) is 12.0 Å². The molecular weight excluding hydrogens is 182 g/mol. The van der Waals surface area contributed by atoms with Crippen molar-refractivity contribution >= 4 is 5.69 Å². The highest BCUT2D eigenvalue weighted by molar-refractivity contribution is 5.42. The lowest BCUT2D eigenvalue weighted by Crippen LogP contribution is -2.00. The molecule has 0 unspecified atom stereocenters. The molecule has 0 heterocycles. The average molecular weight is 203 g/mol. The minimum atomic E-state index is 1.08. The molecule has 0 bridgehead atoms. The molecule has 0 aliphatic carbocycles.